The first-order chi connectivity index (χ1) is 8.60. The van der Waals surface area contributed by atoms with Crippen LogP contribution in [0.1, 0.15) is 46.6 Å². The van der Waals surface area contributed by atoms with Crippen LogP contribution < -0.4 is 10.1 Å². The molecule has 106 valence electrons. The molecule has 0 unspecified atom stereocenters. The van der Waals surface area contributed by atoms with E-state index in [9.17, 15) is 0 Å². The summed E-state index contributed by atoms with van der Waals surface area (Å²) in [6.07, 6.45) is 1.06. The van der Waals surface area contributed by atoms with Crippen molar-refractivity contribution in [3.63, 3.8) is 0 Å². The third-order valence-electron chi connectivity index (χ3n) is 2.07. The molecule has 0 spiro atoms. The van der Waals surface area contributed by atoms with Crippen molar-refractivity contribution in [3.05, 3.63) is 29.8 Å². The van der Waals surface area contributed by atoms with Crippen molar-refractivity contribution in [2.24, 2.45) is 0 Å². The van der Waals surface area contributed by atoms with Gasteiger partial charge >= 0.3 is 0 Å². The predicted molar refractivity (Wildman–Crippen MR) is 82.5 cm³/mol. The molecule has 0 aromatic heterocycles. The van der Waals surface area contributed by atoms with Gasteiger partial charge in [-0.25, -0.2) is 0 Å². The number of rotatable bonds is 4. The van der Waals surface area contributed by atoms with Gasteiger partial charge in [0.25, 0.3) is 0 Å². The summed E-state index contributed by atoms with van der Waals surface area (Å²) in [4.78, 5) is 0. The molecular weight excluding hydrogens is 222 g/mol. The van der Waals surface area contributed by atoms with Crippen molar-refractivity contribution >= 4 is 0 Å². The summed E-state index contributed by atoms with van der Waals surface area (Å²) >= 11 is 0. The first kappa shape index (κ1) is 19.3. The lowest BCUT2D eigenvalue weighted by molar-refractivity contribution is 0.317. The van der Waals surface area contributed by atoms with Crippen molar-refractivity contribution in [2.45, 2.75) is 54.0 Å². The van der Waals surface area contributed by atoms with Gasteiger partial charge in [-0.3, -0.25) is 0 Å². The molecule has 2 nitrogen and oxygen atoms in total. The van der Waals surface area contributed by atoms with Crippen LogP contribution in [0.4, 0.5) is 0 Å². The van der Waals surface area contributed by atoms with Gasteiger partial charge in [0, 0.05) is 6.04 Å². The third-order valence-corrected chi connectivity index (χ3v) is 2.07. The average molecular weight is 253 g/mol. The Morgan fingerprint density at radius 2 is 1.56 bits per heavy atom. The van der Waals surface area contributed by atoms with E-state index in [2.05, 4.69) is 45.1 Å². The molecule has 0 aliphatic heterocycles. The van der Waals surface area contributed by atoms with Gasteiger partial charge in [0.2, 0.25) is 0 Å². The third kappa shape index (κ3) is 13.0. The van der Waals surface area contributed by atoms with Gasteiger partial charge in [-0.2, -0.15) is 0 Å². The molecule has 0 fully saturated rings. The highest BCUT2D eigenvalue weighted by Crippen LogP contribution is 2.11. The zero-order chi connectivity index (χ0) is 14.4. The van der Waals surface area contributed by atoms with Gasteiger partial charge in [-0.05, 0) is 32.5 Å². The van der Waals surface area contributed by atoms with E-state index in [-0.39, 0.29) is 0 Å². The highest BCUT2D eigenvalue weighted by molar-refractivity contribution is 5.26. The molecule has 0 heterocycles. The first-order valence-electron chi connectivity index (χ1n) is 6.96. The van der Waals surface area contributed by atoms with Gasteiger partial charge in [0.05, 0.1) is 6.61 Å². The van der Waals surface area contributed by atoms with Crippen LogP contribution >= 0.6 is 0 Å². The smallest absolute Gasteiger partial charge is 0.119 e. The molecule has 0 saturated carbocycles. The lowest BCUT2D eigenvalue weighted by Crippen LogP contribution is -2.15. The van der Waals surface area contributed by atoms with Crippen molar-refractivity contribution < 1.29 is 4.74 Å². The number of hydrogen-bond acceptors (Lipinski definition) is 2. The van der Waals surface area contributed by atoms with Crippen LogP contribution in [0, 0.1) is 6.92 Å². The van der Waals surface area contributed by atoms with E-state index in [1.807, 2.05) is 33.0 Å². The van der Waals surface area contributed by atoms with Crippen LogP contribution in [0.2, 0.25) is 0 Å². The van der Waals surface area contributed by atoms with Crippen LogP contribution in [0.3, 0.4) is 0 Å². The molecule has 0 atom stereocenters. The van der Waals surface area contributed by atoms with E-state index in [1.54, 1.807) is 0 Å². The Kier molecular flexibility index (Phi) is 15.1. The second-order valence-electron chi connectivity index (χ2n) is 4.10. The van der Waals surface area contributed by atoms with Crippen LogP contribution in [0.5, 0.6) is 5.75 Å². The highest BCUT2D eigenvalue weighted by atomic mass is 16.5. The Bertz CT molecular complexity index is 254. The quantitative estimate of drug-likeness (QED) is 0.857. The Morgan fingerprint density at radius 1 is 1.11 bits per heavy atom. The number of nitrogens with one attached hydrogen (secondary N) is 1. The SMILES string of the molecule is CC.CCCOc1ccc(C)cc1.CNC(C)C. The minimum atomic E-state index is 0.634. The fourth-order valence-electron chi connectivity index (χ4n) is 0.854. The maximum atomic E-state index is 5.41. The fraction of sp³-hybridized carbons (Fsp3) is 0.625. The van der Waals surface area contributed by atoms with Gasteiger partial charge in [-0.15, -0.1) is 0 Å². The van der Waals surface area contributed by atoms with E-state index >= 15 is 0 Å². The van der Waals surface area contributed by atoms with Crippen molar-refractivity contribution in [2.75, 3.05) is 13.7 Å². The molecule has 1 N–H and O–H groups in total. The molecule has 1 aromatic rings. The number of benzene rings is 1. The highest BCUT2D eigenvalue weighted by Gasteiger charge is 1.89. The Labute approximate surface area is 114 Å². The molecule has 0 aliphatic carbocycles. The van der Waals surface area contributed by atoms with E-state index < -0.39 is 0 Å². The van der Waals surface area contributed by atoms with E-state index in [0.29, 0.717) is 6.04 Å². The lowest BCUT2D eigenvalue weighted by Gasteiger charge is -2.03. The van der Waals surface area contributed by atoms with Crippen LogP contribution in [-0.4, -0.2) is 19.7 Å². The summed E-state index contributed by atoms with van der Waals surface area (Å²) in [7, 11) is 1.95. The summed E-state index contributed by atoms with van der Waals surface area (Å²) in [6.45, 7) is 13.2. The van der Waals surface area contributed by atoms with Gasteiger partial charge in [0.15, 0.2) is 0 Å². The molecule has 1 aromatic carbocycles. The van der Waals surface area contributed by atoms with Crippen molar-refractivity contribution in [3.8, 4) is 5.75 Å². The van der Waals surface area contributed by atoms with Crippen LogP contribution in [0.15, 0.2) is 24.3 Å². The summed E-state index contributed by atoms with van der Waals surface area (Å²) < 4.78 is 5.41. The summed E-state index contributed by atoms with van der Waals surface area (Å²) in [5.74, 6) is 0.970. The molecule has 18 heavy (non-hydrogen) atoms. The normalized spacial score (nSPS) is 8.89. The number of aryl methyl sites for hydroxylation is 1. The molecule has 0 amide bonds. The lowest BCUT2D eigenvalue weighted by atomic mass is 10.2. The predicted octanol–water partition coefficient (Wildman–Crippen LogP) is 4.42. The second-order valence-corrected chi connectivity index (χ2v) is 4.10. The summed E-state index contributed by atoms with van der Waals surface area (Å²) in [5.41, 5.74) is 1.27. The largest absolute Gasteiger partial charge is 0.494 e. The number of hydrogen-bond donors (Lipinski definition) is 1. The molecule has 0 saturated heterocycles. The van der Waals surface area contributed by atoms with Crippen LogP contribution in [0.25, 0.3) is 0 Å². The van der Waals surface area contributed by atoms with Crippen LogP contribution in [-0.2, 0) is 0 Å². The Balaban J connectivity index is 0. The first-order valence-corrected chi connectivity index (χ1v) is 6.96. The van der Waals surface area contributed by atoms with E-state index in [4.69, 9.17) is 4.74 Å². The topological polar surface area (TPSA) is 21.3 Å². The minimum Gasteiger partial charge on any atom is -0.494 e. The van der Waals surface area contributed by atoms with Gasteiger partial charge < -0.3 is 10.1 Å². The molecule has 0 radical (unpaired) electrons. The standard InChI is InChI=1S/C10H14O.C4H11N.C2H6/c1-3-8-11-10-6-4-9(2)5-7-10;1-4(2)5-3;1-2/h4-7H,3,8H2,1-2H3;4-5H,1-3H3;1-2H3. The zero-order valence-electron chi connectivity index (χ0n) is 13.2. The number of ether oxygens (including phenoxy) is 1. The van der Waals surface area contributed by atoms with Crippen molar-refractivity contribution in [1.29, 1.82) is 0 Å². The van der Waals surface area contributed by atoms with E-state index in [1.165, 1.54) is 5.56 Å². The zero-order valence-corrected chi connectivity index (χ0v) is 13.2. The summed E-state index contributed by atoms with van der Waals surface area (Å²) in [5, 5.41) is 3.03. The fourth-order valence-corrected chi connectivity index (χ4v) is 0.854. The summed E-state index contributed by atoms with van der Waals surface area (Å²) in [6, 6.07) is 8.77. The van der Waals surface area contributed by atoms with E-state index in [0.717, 1.165) is 18.8 Å². The Hall–Kier alpha value is -1.02. The monoisotopic (exact) mass is 253 g/mol. The average Bonchev–Trinajstić information content (AvgIpc) is 2.41. The molecule has 0 aliphatic rings. The maximum Gasteiger partial charge on any atom is 0.119 e. The Morgan fingerprint density at radius 3 is 1.89 bits per heavy atom. The van der Waals surface area contributed by atoms with Gasteiger partial charge in [0.1, 0.15) is 5.75 Å². The van der Waals surface area contributed by atoms with Crippen molar-refractivity contribution in [1.82, 2.24) is 5.32 Å². The molecule has 2 heteroatoms. The molecular formula is C16H31NO. The molecule has 1 rings (SSSR count). The second kappa shape index (κ2) is 14.0. The minimum absolute atomic E-state index is 0.634. The molecule has 0 bridgehead atoms. The van der Waals surface area contributed by atoms with Gasteiger partial charge in [-0.1, -0.05) is 52.3 Å². The maximum absolute atomic E-state index is 5.41.